The second kappa shape index (κ2) is 8.59. The van der Waals surface area contributed by atoms with Gasteiger partial charge in [-0.3, -0.25) is 14.4 Å². The zero-order valence-electron chi connectivity index (χ0n) is 20.4. The fourth-order valence-corrected chi connectivity index (χ4v) is 5.94. The highest BCUT2D eigenvalue weighted by Gasteiger charge is 2.69. The van der Waals surface area contributed by atoms with Crippen molar-refractivity contribution in [3.05, 3.63) is 59.2 Å². The van der Waals surface area contributed by atoms with E-state index in [9.17, 15) is 14.4 Å². The second-order valence-corrected chi connectivity index (χ2v) is 9.61. The Balaban J connectivity index is 1.58. The molecule has 2 saturated heterocycles. The van der Waals surface area contributed by atoms with Crippen molar-refractivity contribution in [2.24, 2.45) is 11.8 Å². The molecule has 5 rings (SSSR count). The van der Waals surface area contributed by atoms with Gasteiger partial charge in [0.15, 0.2) is 0 Å². The monoisotopic (exact) mass is 478 g/mol. The minimum Gasteiger partial charge on any atom is -0.497 e. The summed E-state index contributed by atoms with van der Waals surface area (Å²) in [6, 6.07) is 12.8. The number of rotatable bonds is 5. The van der Waals surface area contributed by atoms with Crippen molar-refractivity contribution in [1.29, 1.82) is 0 Å². The Bertz CT molecular complexity index is 1180. The van der Waals surface area contributed by atoms with Gasteiger partial charge >= 0.3 is 5.97 Å². The van der Waals surface area contributed by atoms with Gasteiger partial charge in [0.1, 0.15) is 23.6 Å². The zero-order chi connectivity index (χ0) is 24.9. The van der Waals surface area contributed by atoms with E-state index >= 15 is 0 Å². The van der Waals surface area contributed by atoms with Gasteiger partial charge in [-0.15, -0.1) is 0 Å². The van der Waals surface area contributed by atoms with Crippen LogP contribution in [0.5, 0.6) is 11.5 Å². The number of methoxy groups -OCH3 is 1. The van der Waals surface area contributed by atoms with E-state index in [1.807, 2.05) is 37.3 Å². The molecule has 2 amide bonds. The molecule has 0 aromatic heterocycles. The van der Waals surface area contributed by atoms with Crippen LogP contribution >= 0.6 is 0 Å². The number of hydrogen-bond acceptors (Lipinski definition) is 6. The highest BCUT2D eigenvalue weighted by atomic mass is 16.5. The van der Waals surface area contributed by atoms with Crippen LogP contribution in [0.3, 0.4) is 0 Å². The van der Waals surface area contributed by atoms with Gasteiger partial charge in [0.25, 0.3) is 0 Å². The Morgan fingerprint density at radius 2 is 1.91 bits per heavy atom. The maximum Gasteiger partial charge on any atom is 0.312 e. The van der Waals surface area contributed by atoms with E-state index in [0.29, 0.717) is 18.0 Å². The number of carbonyl (C=O) groups is 3. The number of aryl methyl sites for hydroxylation is 1. The van der Waals surface area contributed by atoms with Crippen molar-refractivity contribution in [3.63, 3.8) is 0 Å². The minimum atomic E-state index is -1.38. The largest absolute Gasteiger partial charge is 0.497 e. The molecule has 35 heavy (non-hydrogen) atoms. The van der Waals surface area contributed by atoms with Gasteiger partial charge in [-0.25, -0.2) is 0 Å². The number of fused-ring (bicyclic) bond motifs is 5. The van der Waals surface area contributed by atoms with Crippen molar-refractivity contribution in [1.82, 2.24) is 9.80 Å². The topological polar surface area (TPSA) is 85.4 Å². The van der Waals surface area contributed by atoms with Crippen LogP contribution in [0.1, 0.15) is 36.6 Å². The number of esters is 1. The highest BCUT2D eigenvalue weighted by molar-refractivity contribution is 6.02. The van der Waals surface area contributed by atoms with E-state index in [1.54, 1.807) is 42.9 Å². The van der Waals surface area contributed by atoms with Crippen LogP contribution in [0.15, 0.2) is 42.5 Å². The van der Waals surface area contributed by atoms with Crippen LogP contribution in [0.4, 0.5) is 0 Å². The summed E-state index contributed by atoms with van der Waals surface area (Å²) < 4.78 is 16.8. The summed E-state index contributed by atoms with van der Waals surface area (Å²) in [5.74, 6) is -0.946. The summed E-state index contributed by atoms with van der Waals surface area (Å²) in [6.07, 6.45) is 0. The third kappa shape index (κ3) is 3.54. The molecule has 4 atom stereocenters. The molecule has 8 nitrogen and oxygen atoms in total. The molecule has 3 aliphatic heterocycles. The molecule has 0 aliphatic carbocycles. The van der Waals surface area contributed by atoms with Crippen LogP contribution in [-0.4, -0.2) is 60.0 Å². The number of hydrogen-bond donors (Lipinski definition) is 0. The maximum absolute atomic E-state index is 14.1. The van der Waals surface area contributed by atoms with Crippen molar-refractivity contribution in [3.8, 4) is 11.5 Å². The van der Waals surface area contributed by atoms with Crippen LogP contribution in [0.2, 0.25) is 0 Å². The molecule has 0 radical (unpaired) electrons. The second-order valence-electron chi connectivity index (χ2n) is 9.61. The minimum absolute atomic E-state index is 0.0482. The van der Waals surface area contributed by atoms with Gasteiger partial charge in [-0.1, -0.05) is 29.8 Å². The SMILES string of the molecule is CCOC(=O)[C@H]1[C@H]2COc3cc(OC)ccc3[C@@H]2N2C(=O)CN(Cc3ccc(C)cc3)C(=O)[C@@]12C. The predicted molar refractivity (Wildman–Crippen MR) is 127 cm³/mol. The molecular formula is C27H30N2O6. The molecule has 2 aromatic carbocycles. The van der Waals surface area contributed by atoms with Gasteiger partial charge in [-0.2, -0.15) is 0 Å². The molecule has 3 heterocycles. The third-order valence-corrected chi connectivity index (χ3v) is 7.54. The molecule has 3 aliphatic rings. The van der Waals surface area contributed by atoms with Crippen LogP contribution in [-0.2, 0) is 25.7 Å². The van der Waals surface area contributed by atoms with Crippen molar-refractivity contribution >= 4 is 17.8 Å². The molecule has 0 spiro atoms. The quantitative estimate of drug-likeness (QED) is 0.615. The van der Waals surface area contributed by atoms with E-state index in [-0.39, 0.29) is 31.6 Å². The van der Waals surface area contributed by atoms with Crippen LogP contribution in [0, 0.1) is 18.8 Å². The average molecular weight is 479 g/mol. The number of piperazine rings is 1. The Morgan fingerprint density at radius 3 is 2.60 bits per heavy atom. The summed E-state index contributed by atoms with van der Waals surface area (Å²) in [7, 11) is 1.58. The first-order valence-electron chi connectivity index (χ1n) is 11.9. The number of amides is 2. The fraction of sp³-hybridized carbons (Fsp3) is 0.444. The Hall–Kier alpha value is -3.55. The predicted octanol–water partition coefficient (Wildman–Crippen LogP) is 2.88. The molecule has 8 heteroatoms. The lowest BCUT2D eigenvalue weighted by molar-refractivity contribution is -0.170. The smallest absolute Gasteiger partial charge is 0.312 e. The van der Waals surface area contributed by atoms with Crippen molar-refractivity contribution in [2.75, 3.05) is 26.9 Å². The molecular weight excluding hydrogens is 448 g/mol. The lowest BCUT2D eigenvalue weighted by Crippen LogP contribution is -2.67. The summed E-state index contributed by atoms with van der Waals surface area (Å²) >= 11 is 0. The van der Waals surface area contributed by atoms with E-state index in [4.69, 9.17) is 14.2 Å². The molecule has 2 aromatic rings. The normalized spacial score (nSPS) is 27.0. The van der Waals surface area contributed by atoms with Crippen molar-refractivity contribution < 1.29 is 28.6 Å². The third-order valence-electron chi connectivity index (χ3n) is 7.54. The first-order chi connectivity index (χ1) is 16.8. The number of carbonyl (C=O) groups excluding carboxylic acids is 3. The number of ether oxygens (including phenoxy) is 3. The Labute approximate surface area is 204 Å². The summed E-state index contributed by atoms with van der Waals surface area (Å²) in [5.41, 5.74) is 1.43. The van der Waals surface area contributed by atoms with E-state index in [2.05, 4.69) is 0 Å². The fourth-order valence-electron chi connectivity index (χ4n) is 5.94. The van der Waals surface area contributed by atoms with E-state index < -0.39 is 29.4 Å². The standard InChI is InChI=1S/C27H30N2O6/c1-5-34-25(31)23-20-15-35-21-12-18(33-4)10-11-19(21)24(20)29-22(30)14-28(26(32)27(23,29)3)13-17-8-6-16(2)7-9-17/h6-12,20,23-24H,5,13-15H2,1-4H3/t20-,23-,24+,27-/m1/s1. The first-order valence-corrected chi connectivity index (χ1v) is 11.9. The first kappa shape index (κ1) is 23.2. The molecule has 0 saturated carbocycles. The maximum atomic E-state index is 14.1. The highest BCUT2D eigenvalue weighted by Crippen LogP contribution is 2.57. The van der Waals surface area contributed by atoms with Crippen LogP contribution < -0.4 is 9.47 Å². The van der Waals surface area contributed by atoms with Gasteiger partial charge in [0, 0.05) is 24.1 Å². The lowest BCUT2D eigenvalue weighted by atomic mass is 9.77. The van der Waals surface area contributed by atoms with Gasteiger partial charge in [0.05, 0.1) is 32.3 Å². The number of nitrogens with zero attached hydrogens (tertiary/aromatic N) is 2. The summed E-state index contributed by atoms with van der Waals surface area (Å²) in [5, 5.41) is 0. The van der Waals surface area contributed by atoms with E-state index in [0.717, 1.165) is 16.7 Å². The average Bonchev–Trinajstić information content (AvgIpc) is 3.13. The molecule has 184 valence electrons. The Morgan fingerprint density at radius 1 is 1.17 bits per heavy atom. The van der Waals surface area contributed by atoms with Gasteiger partial charge in [-0.05, 0) is 38.5 Å². The molecule has 0 bridgehead atoms. The molecule has 2 fully saturated rings. The molecule has 0 N–H and O–H groups in total. The van der Waals surface area contributed by atoms with Crippen LogP contribution in [0.25, 0.3) is 0 Å². The number of benzene rings is 2. The molecule has 0 unspecified atom stereocenters. The lowest BCUT2D eigenvalue weighted by Gasteiger charge is -2.47. The van der Waals surface area contributed by atoms with Gasteiger partial charge in [0.2, 0.25) is 11.8 Å². The zero-order valence-corrected chi connectivity index (χ0v) is 20.4. The van der Waals surface area contributed by atoms with E-state index in [1.165, 1.54) is 0 Å². The van der Waals surface area contributed by atoms with Gasteiger partial charge < -0.3 is 24.0 Å². The van der Waals surface area contributed by atoms with Crippen molar-refractivity contribution in [2.45, 2.75) is 38.9 Å². The summed E-state index contributed by atoms with van der Waals surface area (Å²) in [4.78, 5) is 44.3. The Kier molecular flexibility index (Phi) is 5.69. The summed E-state index contributed by atoms with van der Waals surface area (Å²) in [6.45, 7) is 6.07.